The van der Waals surface area contributed by atoms with Crippen molar-refractivity contribution in [3.63, 3.8) is 0 Å². The molecule has 1 atom stereocenters. The highest BCUT2D eigenvalue weighted by Crippen LogP contribution is 2.22. The molecule has 0 aromatic carbocycles. The molecule has 18 heavy (non-hydrogen) atoms. The number of piperidine rings is 1. The van der Waals surface area contributed by atoms with Crippen molar-refractivity contribution in [1.82, 2.24) is 4.90 Å². The highest BCUT2D eigenvalue weighted by atomic mass is 16.5. The molecule has 0 spiro atoms. The van der Waals surface area contributed by atoms with Crippen LogP contribution in [0.5, 0.6) is 0 Å². The Balaban J connectivity index is 2.65. The van der Waals surface area contributed by atoms with Gasteiger partial charge in [-0.2, -0.15) is 0 Å². The molecule has 0 bridgehead atoms. The average molecular weight is 257 g/mol. The second kappa shape index (κ2) is 6.29. The first-order valence-electron chi connectivity index (χ1n) is 6.40. The number of carbonyl (C=O) groups is 2. The van der Waals surface area contributed by atoms with Gasteiger partial charge in [-0.25, -0.2) is 0 Å². The molecular weight excluding hydrogens is 234 g/mol. The molecule has 1 rings (SSSR count). The summed E-state index contributed by atoms with van der Waals surface area (Å²) in [5.41, 5.74) is -1.12. The Morgan fingerprint density at radius 2 is 2.06 bits per heavy atom. The van der Waals surface area contributed by atoms with Gasteiger partial charge < -0.3 is 9.84 Å². The molecule has 0 saturated carbocycles. The highest BCUT2D eigenvalue weighted by molar-refractivity contribution is 6.03. The summed E-state index contributed by atoms with van der Waals surface area (Å²) in [4.78, 5) is 25.7. The molecule has 1 N–H and O–H groups in total. The molecule has 1 saturated heterocycles. The lowest BCUT2D eigenvalue weighted by Gasteiger charge is -2.35. The minimum atomic E-state index is -1.12. The topological polar surface area (TPSA) is 66.8 Å². The van der Waals surface area contributed by atoms with E-state index in [1.54, 1.807) is 13.8 Å². The van der Waals surface area contributed by atoms with E-state index in [1.165, 1.54) is 7.11 Å². The molecule has 1 unspecified atom stereocenters. The monoisotopic (exact) mass is 257 g/mol. The summed E-state index contributed by atoms with van der Waals surface area (Å²) >= 11 is 0. The molecule has 0 radical (unpaired) electrons. The lowest BCUT2D eigenvalue weighted by Crippen LogP contribution is -2.48. The molecule has 1 aliphatic heterocycles. The van der Waals surface area contributed by atoms with Crippen molar-refractivity contribution in [3.05, 3.63) is 0 Å². The van der Waals surface area contributed by atoms with Gasteiger partial charge in [-0.1, -0.05) is 6.42 Å². The normalized spacial score (nSPS) is 21.7. The molecule has 0 aliphatic carbocycles. The number of esters is 1. The minimum Gasteiger partial charge on any atom is -0.468 e. The van der Waals surface area contributed by atoms with Gasteiger partial charge in [0.2, 0.25) is 0 Å². The second-order valence-corrected chi connectivity index (χ2v) is 5.34. The third-order valence-corrected chi connectivity index (χ3v) is 3.70. The maximum Gasteiger partial charge on any atom is 0.318 e. The summed E-state index contributed by atoms with van der Waals surface area (Å²) in [5, 5.41) is 9.29. The first-order valence-corrected chi connectivity index (χ1v) is 6.40. The lowest BCUT2D eigenvalue weighted by molar-refractivity contribution is -0.156. The van der Waals surface area contributed by atoms with E-state index in [0.717, 1.165) is 25.8 Å². The number of ether oxygens (including phenoxy) is 1. The number of carbonyl (C=O) groups excluding carboxylic acids is 2. The fraction of sp³-hybridized carbons (Fsp3) is 0.846. The highest BCUT2D eigenvalue weighted by Gasteiger charge is 2.38. The van der Waals surface area contributed by atoms with E-state index in [-0.39, 0.29) is 25.0 Å². The largest absolute Gasteiger partial charge is 0.468 e. The summed E-state index contributed by atoms with van der Waals surface area (Å²) in [6.45, 7) is 4.23. The van der Waals surface area contributed by atoms with Crippen molar-refractivity contribution in [1.29, 1.82) is 0 Å². The van der Waals surface area contributed by atoms with Gasteiger partial charge in [0.1, 0.15) is 5.41 Å². The van der Waals surface area contributed by atoms with Gasteiger partial charge in [0.25, 0.3) is 0 Å². The predicted molar refractivity (Wildman–Crippen MR) is 67.1 cm³/mol. The molecular formula is C13H23NO4. The standard InChI is InChI=1S/C13H23NO4/c1-13(2,12(17)18-3)11(16)8-14-7-5-4-6-10(14)9-15/h10,15H,4-9H2,1-3H3. The Morgan fingerprint density at radius 1 is 1.39 bits per heavy atom. The molecule has 5 heteroatoms. The van der Waals surface area contributed by atoms with E-state index in [1.807, 2.05) is 4.90 Å². The summed E-state index contributed by atoms with van der Waals surface area (Å²) in [6, 6.07) is 0.0381. The molecule has 0 amide bonds. The van der Waals surface area contributed by atoms with Crippen LogP contribution in [0.1, 0.15) is 33.1 Å². The molecule has 104 valence electrons. The second-order valence-electron chi connectivity index (χ2n) is 5.34. The third-order valence-electron chi connectivity index (χ3n) is 3.70. The maximum atomic E-state index is 12.2. The first-order chi connectivity index (χ1) is 8.43. The van der Waals surface area contributed by atoms with E-state index in [0.29, 0.717) is 0 Å². The van der Waals surface area contributed by atoms with Gasteiger partial charge in [0.15, 0.2) is 5.78 Å². The zero-order chi connectivity index (χ0) is 13.8. The van der Waals surface area contributed by atoms with Crippen LogP contribution in [0.25, 0.3) is 0 Å². The Hall–Kier alpha value is -0.940. The van der Waals surface area contributed by atoms with Crippen LogP contribution < -0.4 is 0 Å². The molecule has 0 aromatic heterocycles. The third kappa shape index (κ3) is 3.29. The van der Waals surface area contributed by atoms with Gasteiger partial charge >= 0.3 is 5.97 Å². The average Bonchev–Trinajstić information content (AvgIpc) is 2.38. The van der Waals surface area contributed by atoms with Crippen molar-refractivity contribution in [3.8, 4) is 0 Å². The predicted octanol–water partition coefficient (Wildman–Crippen LogP) is 0.601. The molecule has 1 heterocycles. The number of methoxy groups -OCH3 is 1. The number of nitrogens with zero attached hydrogens (tertiary/aromatic N) is 1. The number of hydrogen-bond acceptors (Lipinski definition) is 5. The van der Waals surface area contributed by atoms with Crippen LogP contribution >= 0.6 is 0 Å². The quantitative estimate of drug-likeness (QED) is 0.577. The number of hydrogen-bond donors (Lipinski definition) is 1. The van der Waals surface area contributed by atoms with E-state index in [2.05, 4.69) is 4.74 Å². The van der Waals surface area contributed by atoms with Crippen molar-refractivity contribution in [2.75, 3.05) is 26.8 Å². The van der Waals surface area contributed by atoms with Gasteiger partial charge in [0.05, 0.1) is 20.3 Å². The van der Waals surface area contributed by atoms with Crippen molar-refractivity contribution in [2.45, 2.75) is 39.2 Å². The molecule has 5 nitrogen and oxygen atoms in total. The minimum absolute atomic E-state index is 0.0381. The van der Waals surface area contributed by atoms with Crippen molar-refractivity contribution in [2.24, 2.45) is 5.41 Å². The van der Waals surface area contributed by atoms with Crippen LogP contribution in [0.15, 0.2) is 0 Å². The van der Waals surface area contributed by atoms with Crippen molar-refractivity contribution < 1.29 is 19.4 Å². The summed E-state index contributed by atoms with van der Waals surface area (Å²) in [5.74, 6) is -0.667. The SMILES string of the molecule is COC(=O)C(C)(C)C(=O)CN1CCCCC1CO. The molecule has 0 aromatic rings. The zero-order valence-corrected chi connectivity index (χ0v) is 11.4. The van der Waals surface area contributed by atoms with E-state index in [9.17, 15) is 14.7 Å². The Labute approximate surface area is 108 Å². The first kappa shape index (κ1) is 15.1. The van der Waals surface area contributed by atoms with Gasteiger partial charge in [0, 0.05) is 6.04 Å². The molecule has 1 aliphatic rings. The van der Waals surface area contributed by atoms with Gasteiger partial charge in [-0.05, 0) is 33.2 Å². The summed E-state index contributed by atoms with van der Waals surface area (Å²) in [7, 11) is 1.29. The zero-order valence-electron chi connectivity index (χ0n) is 11.4. The lowest BCUT2D eigenvalue weighted by atomic mass is 9.87. The van der Waals surface area contributed by atoms with Crippen LogP contribution in [0.3, 0.4) is 0 Å². The number of rotatable bonds is 5. The Bertz CT molecular complexity index is 314. The van der Waals surface area contributed by atoms with Gasteiger partial charge in [-0.15, -0.1) is 0 Å². The van der Waals surface area contributed by atoms with E-state index < -0.39 is 11.4 Å². The van der Waals surface area contributed by atoms with Crippen LogP contribution in [-0.4, -0.2) is 54.6 Å². The van der Waals surface area contributed by atoms with Crippen LogP contribution in [0.2, 0.25) is 0 Å². The van der Waals surface area contributed by atoms with Crippen LogP contribution in [0.4, 0.5) is 0 Å². The Morgan fingerprint density at radius 3 is 2.61 bits per heavy atom. The number of aliphatic hydroxyl groups excluding tert-OH is 1. The fourth-order valence-corrected chi connectivity index (χ4v) is 2.23. The Kier molecular flexibility index (Phi) is 5.28. The van der Waals surface area contributed by atoms with E-state index in [4.69, 9.17) is 0 Å². The van der Waals surface area contributed by atoms with Crippen molar-refractivity contribution >= 4 is 11.8 Å². The van der Waals surface area contributed by atoms with Gasteiger partial charge in [-0.3, -0.25) is 14.5 Å². The number of Topliss-reactive ketones (excluding diaryl/α,β-unsaturated/α-hetero) is 1. The van der Waals surface area contributed by atoms with E-state index >= 15 is 0 Å². The number of likely N-dealkylation sites (tertiary alicyclic amines) is 1. The fourth-order valence-electron chi connectivity index (χ4n) is 2.23. The maximum absolute atomic E-state index is 12.2. The summed E-state index contributed by atoms with van der Waals surface area (Å²) < 4.78 is 4.65. The summed E-state index contributed by atoms with van der Waals surface area (Å²) in [6.07, 6.45) is 3.02. The van der Waals surface area contributed by atoms with Crippen LogP contribution in [-0.2, 0) is 14.3 Å². The van der Waals surface area contributed by atoms with Crippen LogP contribution in [0, 0.1) is 5.41 Å². The number of aliphatic hydroxyl groups is 1. The number of ketones is 1. The smallest absolute Gasteiger partial charge is 0.318 e. The molecule has 1 fully saturated rings.